The van der Waals surface area contributed by atoms with Crippen molar-refractivity contribution in [2.75, 3.05) is 5.73 Å². The molecule has 2 heterocycles. The molecule has 2 aromatic heterocycles. The molecule has 2 N–H and O–H groups in total. The van der Waals surface area contributed by atoms with Crippen molar-refractivity contribution in [3.05, 3.63) is 88.3 Å². The number of hydrogen-bond donors (Lipinski definition) is 1. The van der Waals surface area contributed by atoms with Crippen molar-refractivity contribution in [3.63, 3.8) is 0 Å². The Morgan fingerprint density at radius 2 is 1.81 bits per heavy atom. The molecular weight excluding hydrogens is 404 g/mol. The van der Waals surface area contributed by atoms with E-state index in [1.165, 1.54) is 4.88 Å². The minimum atomic E-state index is 0.557. The van der Waals surface area contributed by atoms with Crippen LogP contribution >= 0.6 is 11.3 Å². The number of thiazole rings is 1. The predicted molar refractivity (Wildman–Crippen MR) is 126 cm³/mol. The van der Waals surface area contributed by atoms with Crippen molar-refractivity contribution in [2.24, 2.45) is 0 Å². The Hall–Kier alpha value is -3.25. The van der Waals surface area contributed by atoms with Gasteiger partial charge in [0.2, 0.25) is 0 Å². The van der Waals surface area contributed by atoms with Crippen LogP contribution in [-0.2, 0) is 19.4 Å². The van der Waals surface area contributed by atoms with E-state index in [0.717, 1.165) is 58.9 Å². The van der Waals surface area contributed by atoms with Gasteiger partial charge in [0.25, 0.3) is 0 Å². The van der Waals surface area contributed by atoms with E-state index >= 15 is 0 Å². The number of anilines is 1. The predicted octanol–water partition coefficient (Wildman–Crippen LogP) is 5.55. The maximum atomic E-state index is 5.96. The molecule has 31 heavy (non-hydrogen) atoms. The number of nitrogen functional groups attached to an aromatic ring is 1. The third kappa shape index (κ3) is 5.67. The first-order valence-electron chi connectivity index (χ1n) is 10.4. The van der Waals surface area contributed by atoms with Gasteiger partial charge < -0.3 is 10.5 Å². The van der Waals surface area contributed by atoms with Crippen molar-refractivity contribution >= 4 is 16.5 Å². The van der Waals surface area contributed by atoms with Gasteiger partial charge in [0.15, 0.2) is 5.13 Å². The lowest BCUT2D eigenvalue weighted by Gasteiger charge is -2.12. The minimum absolute atomic E-state index is 0.557. The van der Waals surface area contributed by atoms with Gasteiger partial charge in [-0.05, 0) is 68.5 Å². The Balaban J connectivity index is 1.44. The summed E-state index contributed by atoms with van der Waals surface area (Å²) in [6, 6.07) is 18.5. The van der Waals surface area contributed by atoms with Crippen LogP contribution < -0.4 is 10.5 Å². The molecule has 4 aromatic rings. The van der Waals surface area contributed by atoms with Gasteiger partial charge in [-0.25, -0.2) is 15.0 Å². The van der Waals surface area contributed by atoms with E-state index in [2.05, 4.69) is 52.2 Å². The van der Waals surface area contributed by atoms with E-state index in [0.29, 0.717) is 11.7 Å². The summed E-state index contributed by atoms with van der Waals surface area (Å²) >= 11 is 1.55. The summed E-state index contributed by atoms with van der Waals surface area (Å²) in [4.78, 5) is 14.6. The van der Waals surface area contributed by atoms with E-state index in [4.69, 9.17) is 10.5 Å². The lowest BCUT2D eigenvalue weighted by atomic mass is 10.0. The van der Waals surface area contributed by atoms with Gasteiger partial charge in [-0.2, -0.15) is 0 Å². The van der Waals surface area contributed by atoms with Gasteiger partial charge in [-0.3, -0.25) is 0 Å². The fourth-order valence-corrected chi connectivity index (χ4v) is 4.26. The third-order valence-electron chi connectivity index (χ3n) is 5.04. The van der Waals surface area contributed by atoms with Gasteiger partial charge in [-0.15, -0.1) is 11.3 Å². The van der Waals surface area contributed by atoms with Gasteiger partial charge >= 0.3 is 0 Å². The first-order chi connectivity index (χ1) is 15.1. The average Bonchev–Trinajstić information content (AvgIpc) is 3.17. The molecule has 0 amide bonds. The molecular formula is C25H26N4OS. The number of ether oxygens (including phenoxy) is 1. The van der Waals surface area contributed by atoms with Gasteiger partial charge in [0, 0.05) is 22.3 Å². The number of benzene rings is 2. The smallest absolute Gasteiger partial charge is 0.180 e. The SMILES string of the molecule is Cc1nc(CCCc2cnc(N)s2)cc(-c2ccc(OCc3ccccc3)cc2C)n1. The molecule has 0 atom stereocenters. The van der Waals surface area contributed by atoms with Crippen LogP contribution in [0.15, 0.2) is 60.8 Å². The number of nitrogens with two attached hydrogens (primary N) is 1. The Bertz CT molecular complexity index is 1160. The van der Waals surface area contributed by atoms with E-state index < -0.39 is 0 Å². The van der Waals surface area contributed by atoms with E-state index in [1.807, 2.05) is 37.4 Å². The normalized spacial score (nSPS) is 10.9. The van der Waals surface area contributed by atoms with Crippen LogP contribution in [0.3, 0.4) is 0 Å². The standard InChI is InChI=1S/C25H26N4OS/c1-17-13-21(30-16-19-7-4-3-5-8-19)11-12-23(17)24-14-20(28-18(2)29-24)9-6-10-22-15-27-25(26)31-22/h3-5,7-8,11-15H,6,9-10,16H2,1-2H3,(H2,26,27). The number of aromatic nitrogens is 3. The van der Waals surface area contributed by atoms with Crippen molar-refractivity contribution < 1.29 is 4.74 Å². The number of rotatable bonds is 8. The van der Waals surface area contributed by atoms with Gasteiger partial charge in [-0.1, -0.05) is 30.3 Å². The van der Waals surface area contributed by atoms with Gasteiger partial charge in [0.05, 0.1) is 5.69 Å². The van der Waals surface area contributed by atoms with Gasteiger partial charge in [0.1, 0.15) is 18.2 Å². The molecule has 0 unspecified atom stereocenters. The van der Waals surface area contributed by atoms with E-state index in [-0.39, 0.29) is 0 Å². The summed E-state index contributed by atoms with van der Waals surface area (Å²) in [5, 5.41) is 0.627. The number of aryl methyl sites for hydroxylation is 4. The lowest BCUT2D eigenvalue weighted by molar-refractivity contribution is 0.306. The molecule has 0 aliphatic rings. The largest absolute Gasteiger partial charge is 0.489 e. The Morgan fingerprint density at radius 3 is 2.55 bits per heavy atom. The Kier molecular flexibility index (Phi) is 6.57. The quantitative estimate of drug-likeness (QED) is 0.396. The van der Waals surface area contributed by atoms with Crippen molar-refractivity contribution in [1.82, 2.24) is 15.0 Å². The average molecular weight is 431 g/mol. The molecule has 0 aliphatic carbocycles. The molecule has 5 nitrogen and oxygen atoms in total. The van der Waals surface area contributed by atoms with Crippen LogP contribution in [-0.4, -0.2) is 15.0 Å². The molecule has 0 saturated heterocycles. The summed E-state index contributed by atoms with van der Waals surface area (Å²) in [7, 11) is 0. The van der Waals surface area contributed by atoms with Crippen molar-refractivity contribution in [2.45, 2.75) is 39.7 Å². The van der Waals surface area contributed by atoms with E-state index in [1.54, 1.807) is 11.3 Å². The second kappa shape index (κ2) is 9.71. The van der Waals surface area contributed by atoms with E-state index in [9.17, 15) is 0 Å². The van der Waals surface area contributed by atoms with Crippen LogP contribution in [0.25, 0.3) is 11.3 Å². The second-order valence-corrected chi connectivity index (χ2v) is 8.71. The molecule has 0 spiro atoms. The van der Waals surface area contributed by atoms with Crippen LogP contribution in [0.1, 0.15) is 33.9 Å². The number of nitrogens with zero attached hydrogens (tertiary/aromatic N) is 3. The lowest BCUT2D eigenvalue weighted by Crippen LogP contribution is -2.00. The van der Waals surface area contributed by atoms with Crippen LogP contribution in [0.2, 0.25) is 0 Å². The molecule has 2 aromatic carbocycles. The van der Waals surface area contributed by atoms with Crippen molar-refractivity contribution in [1.29, 1.82) is 0 Å². The van der Waals surface area contributed by atoms with Crippen LogP contribution in [0.4, 0.5) is 5.13 Å². The monoisotopic (exact) mass is 430 g/mol. The molecule has 0 fully saturated rings. The zero-order chi connectivity index (χ0) is 21.6. The van der Waals surface area contributed by atoms with Crippen molar-refractivity contribution in [3.8, 4) is 17.0 Å². The highest BCUT2D eigenvalue weighted by atomic mass is 32.1. The summed E-state index contributed by atoms with van der Waals surface area (Å²) in [5.41, 5.74) is 11.1. The summed E-state index contributed by atoms with van der Waals surface area (Å²) in [6.45, 7) is 4.60. The first kappa shape index (κ1) is 21.0. The second-order valence-electron chi connectivity index (χ2n) is 7.56. The Morgan fingerprint density at radius 1 is 0.968 bits per heavy atom. The highest BCUT2D eigenvalue weighted by Crippen LogP contribution is 2.27. The molecule has 4 rings (SSSR count). The zero-order valence-electron chi connectivity index (χ0n) is 17.8. The third-order valence-corrected chi connectivity index (χ3v) is 5.93. The highest BCUT2D eigenvalue weighted by molar-refractivity contribution is 7.15. The highest BCUT2D eigenvalue weighted by Gasteiger charge is 2.09. The molecule has 0 saturated carbocycles. The summed E-state index contributed by atoms with van der Waals surface area (Å²) in [6.07, 6.45) is 4.72. The molecule has 0 aliphatic heterocycles. The molecule has 0 radical (unpaired) electrons. The maximum absolute atomic E-state index is 5.96. The minimum Gasteiger partial charge on any atom is -0.489 e. The van der Waals surface area contributed by atoms with Crippen LogP contribution in [0, 0.1) is 13.8 Å². The maximum Gasteiger partial charge on any atom is 0.180 e. The number of hydrogen-bond acceptors (Lipinski definition) is 6. The summed E-state index contributed by atoms with van der Waals surface area (Å²) in [5.74, 6) is 1.65. The first-order valence-corrected chi connectivity index (χ1v) is 11.2. The fourth-order valence-electron chi connectivity index (χ4n) is 3.53. The Labute approximate surface area is 187 Å². The zero-order valence-corrected chi connectivity index (χ0v) is 18.7. The molecule has 158 valence electrons. The fraction of sp³-hybridized carbons (Fsp3) is 0.240. The van der Waals surface area contributed by atoms with Crippen LogP contribution in [0.5, 0.6) is 5.75 Å². The topological polar surface area (TPSA) is 73.9 Å². The summed E-state index contributed by atoms with van der Waals surface area (Å²) < 4.78 is 5.96. The molecule has 6 heteroatoms. The molecule has 0 bridgehead atoms.